The molecule has 0 aliphatic carbocycles. The lowest BCUT2D eigenvalue weighted by molar-refractivity contribution is 0.731. The summed E-state index contributed by atoms with van der Waals surface area (Å²) >= 11 is 8.15. The molecule has 0 aromatic carbocycles. The van der Waals surface area contributed by atoms with Gasteiger partial charge in [0.1, 0.15) is 5.15 Å². The summed E-state index contributed by atoms with van der Waals surface area (Å²) in [6.07, 6.45) is 2.72. The Bertz CT molecular complexity index is 315. The fraction of sp³-hybridized carbons (Fsp3) is 0.444. The number of halogens is 2. The second kappa shape index (κ2) is 4.46. The molecule has 0 saturated carbocycles. The molecular weight excluding hydrogens is 298 g/mol. The smallest absolute Gasteiger partial charge is 0.134 e. The average Bonchev–Trinajstić information content (AvgIpc) is 2.12. The van der Waals surface area contributed by atoms with Gasteiger partial charge in [0.15, 0.2) is 0 Å². The zero-order chi connectivity index (χ0) is 10.0. The van der Waals surface area contributed by atoms with E-state index in [1.807, 2.05) is 0 Å². The van der Waals surface area contributed by atoms with E-state index < -0.39 is 0 Å². The average molecular weight is 311 g/mol. The van der Waals surface area contributed by atoms with Crippen LogP contribution in [0.2, 0.25) is 5.15 Å². The molecule has 0 saturated heterocycles. The third-order valence-corrected chi connectivity index (χ3v) is 3.33. The van der Waals surface area contributed by atoms with Crippen molar-refractivity contribution in [1.29, 1.82) is 0 Å². The molecule has 0 bridgehead atoms. The Morgan fingerprint density at radius 2 is 2.31 bits per heavy atom. The van der Waals surface area contributed by atoms with E-state index >= 15 is 0 Å². The Balaban J connectivity index is 3.25. The molecule has 0 aliphatic heterocycles. The van der Waals surface area contributed by atoms with E-state index in [4.69, 9.17) is 17.3 Å². The topological polar surface area (TPSA) is 38.9 Å². The molecule has 0 aliphatic rings. The van der Waals surface area contributed by atoms with Crippen molar-refractivity contribution in [2.75, 3.05) is 5.73 Å². The van der Waals surface area contributed by atoms with Gasteiger partial charge in [-0.25, -0.2) is 4.98 Å². The van der Waals surface area contributed by atoms with Crippen LogP contribution in [0.25, 0.3) is 0 Å². The molecule has 1 aromatic heterocycles. The summed E-state index contributed by atoms with van der Waals surface area (Å²) in [6.45, 7) is 4.22. The van der Waals surface area contributed by atoms with Gasteiger partial charge >= 0.3 is 0 Å². The van der Waals surface area contributed by atoms with Crippen LogP contribution in [-0.4, -0.2) is 4.98 Å². The highest BCUT2D eigenvalue weighted by molar-refractivity contribution is 14.1. The molecule has 72 valence electrons. The number of nitrogens with zero attached hydrogens (tertiary/aromatic N) is 1. The van der Waals surface area contributed by atoms with Crippen molar-refractivity contribution in [2.45, 2.75) is 26.2 Å². The largest absolute Gasteiger partial charge is 0.398 e. The second-order valence-corrected chi connectivity index (χ2v) is 4.55. The molecular formula is C9H12ClIN2. The van der Waals surface area contributed by atoms with E-state index in [0.29, 0.717) is 11.1 Å². The van der Waals surface area contributed by atoms with Gasteiger partial charge in [0.05, 0.1) is 9.26 Å². The summed E-state index contributed by atoms with van der Waals surface area (Å²) < 4.78 is 0.970. The minimum absolute atomic E-state index is 0.370. The van der Waals surface area contributed by atoms with E-state index in [2.05, 4.69) is 41.4 Å². The normalized spacial score (nSPS) is 12.9. The van der Waals surface area contributed by atoms with Gasteiger partial charge in [-0.05, 0) is 34.9 Å². The second-order valence-electron chi connectivity index (χ2n) is 3.03. The van der Waals surface area contributed by atoms with Gasteiger partial charge < -0.3 is 5.73 Å². The van der Waals surface area contributed by atoms with Gasteiger partial charge in [-0.15, -0.1) is 0 Å². The number of anilines is 1. The molecule has 0 amide bonds. The van der Waals surface area contributed by atoms with E-state index in [1.54, 1.807) is 6.20 Å². The highest BCUT2D eigenvalue weighted by Gasteiger charge is 2.14. The fourth-order valence-corrected chi connectivity index (χ4v) is 1.93. The lowest BCUT2D eigenvalue weighted by atomic mass is 9.99. The minimum Gasteiger partial charge on any atom is -0.398 e. The van der Waals surface area contributed by atoms with Crippen LogP contribution >= 0.6 is 34.2 Å². The third kappa shape index (κ3) is 2.26. The summed E-state index contributed by atoms with van der Waals surface area (Å²) in [7, 11) is 0. The standard InChI is InChI=1S/C9H12ClIN2/c1-3-5(2)7-8(12)6(11)4-13-9(7)10/h4-5H,3H2,1-2H3,(H2,12,13). The van der Waals surface area contributed by atoms with Crippen LogP contribution in [0, 0.1) is 3.57 Å². The first-order chi connectivity index (χ1) is 6.07. The summed E-state index contributed by atoms with van der Waals surface area (Å²) in [6, 6.07) is 0. The maximum Gasteiger partial charge on any atom is 0.134 e. The zero-order valence-electron chi connectivity index (χ0n) is 7.64. The van der Waals surface area contributed by atoms with Crippen molar-refractivity contribution in [3.05, 3.63) is 20.5 Å². The van der Waals surface area contributed by atoms with Crippen LogP contribution in [0.3, 0.4) is 0 Å². The molecule has 1 aromatic rings. The summed E-state index contributed by atoms with van der Waals surface area (Å²) in [4.78, 5) is 4.09. The van der Waals surface area contributed by atoms with Crippen LogP contribution in [-0.2, 0) is 0 Å². The van der Waals surface area contributed by atoms with Crippen LogP contribution in [0.4, 0.5) is 5.69 Å². The summed E-state index contributed by atoms with van der Waals surface area (Å²) in [5, 5.41) is 0.535. The fourth-order valence-electron chi connectivity index (χ4n) is 1.17. The van der Waals surface area contributed by atoms with Crippen molar-refractivity contribution in [2.24, 2.45) is 0 Å². The molecule has 0 radical (unpaired) electrons. The summed E-state index contributed by atoms with van der Waals surface area (Å²) in [5.41, 5.74) is 7.68. The zero-order valence-corrected chi connectivity index (χ0v) is 10.6. The van der Waals surface area contributed by atoms with Crippen LogP contribution in [0.15, 0.2) is 6.20 Å². The minimum atomic E-state index is 0.370. The molecule has 1 atom stereocenters. The lowest BCUT2D eigenvalue weighted by Gasteiger charge is -2.14. The third-order valence-electron chi connectivity index (χ3n) is 2.17. The molecule has 2 N–H and O–H groups in total. The van der Waals surface area contributed by atoms with Gasteiger partial charge in [-0.2, -0.15) is 0 Å². The predicted octanol–water partition coefficient (Wildman–Crippen LogP) is 3.44. The molecule has 13 heavy (non-hydrogen) atoms. The van der Waals surface area contributed by atoms with Crippen LogP contribution in [0.5, 0.6) is 0 Å². The van der Waals surface area contributed by atoms with Gasteiger partial charge in [-0.1, -0.05) is 25.4 Å². The van der Waals surface area contributed by atoms with E-state index in [9.17, 15) is 0 Å². The number of hydrogen-bond donors (Lipinski definition) is 1. The first-order valence-corrected chi connectivity index (χ1v) is 5.63. The Morgan fingerprint density at radius 1 is 1.69 bits per heavy atom. The first-order valence-electron chi connectivity index (χ1n) is 4.17. The molecule has 1 unspecified atom stereocenters. The van der Waals surface area contributed by atoms with Crippen LogP contribution < -0.4 is 5.73 Å². The maximum absolute atomic E-state index is 5.98. The highest BCUT2D eigenvalue weighted by Crippen LogP contribution is 2.32. The molecule has 0 fully saturated rings. The van der Waals surface area contributed by atoms with Crippen molar-refractivity contribution in [3.63, 3.8) is 0 Å². The van der Waals surface area contributed by atoms with Crippen LogP contribution in [0.1, 0.15) is 31.7 Å². The maximum atomic E-state index is 5.98. The quantitative estimate of drug-likeness (QED) is 0.671. The van der Waals surface area contributed by atoms with Crippen molar-refractivity contribution in [3.8, 4) is 0 Å². The number of pyridine rings is 1. The Hall–Kier alpha value is -0.0300. The number of nitrogens with two attached hydrogens (primary N) is 1. The van der Waals surface area contributed by atoms with E-state index in [0.717, 1.165) is 21.2 Å². The summed E-state index contributed by atoms with van der Waals surface area (Å²) in [5.74, 6) is 0.370. The monoisotopic (exact) mass is 310 g/mol. The number of hydrogen-bond acceptors (Lipinski definition) is 2. The van der Waals surface area contributed by atoms with Crippen molar-refractivity contribution in [1.82, 2.24) is 4.98 Å². The SMILES string of the molecule is CCC(C)c1c(Cl)ncc(I)c1N. The number of aromatic nitrogens is 1. The van der Waals surface area contributed by atoms with Crippen molar-refractivity contribution >= 4 is 39.9 Å². The van der Waals surface area contributed by atoms with Gasteiger partial charge in [-0.3, -0.25) is 0 Å². The highest BCUT2D eigenvalue weighted by atomic mass is 127. The molecule has 1 rings (SSSR count). The lowest BCUT2D eigenvalue weighted by Crippen LogP contribution is -2.03. The van der Waals surface area contributed by atoms with E-state index in [1.165, 1.54) is 0 Å². The number of nitrogen functional groups attached to an aromatic ring is 1. The van der Waals surface area contributed by atoms with Gasteiger partial charge in [0.25, 0.3) is 0 Å². The number of rotatable bonds is 2. The molecule has 4 heteroatoms. The van der Waals surface area contributed by atoms with Gasteiger partial charge in [0.2, 0.25) is 0 Å². The Labute approximate surface area is 97.0 Å². The molecule has 2 nitrogen and oxygen atoms in total. The first kappa shape index (κ1) is 11.0. The predicted molar refractivity (Wildman–Crippen MR) is 65.1 cm³/mol. The molecule has 1 heterocycles. The van der Waals surface area contributed by atoms with Gasteiger partial charge in [0, 0.05) is 11.8 Å². The van der Waals surface area contributed by atoms with E-state index in [-0.39, 0.29) is 0 Å². The Morgan fingerprint density at radius 3 is 2.85 bits per heavy atom. The Kier molecular flexibility index (Phi) is 3.79. The molecule has 0 spiro atoms. The van der Waals surface area contributed by atoms with Crippen molar-refractivity contribution < 1.29 is 0 Å².